The van der Waals surface area contributed by atoms with Gasteiger partial charge < -0.3 is 19.4 Å². The summed E-state index contributed by atoms with van der Waals surface area (Å²) in [6.07, 6.45) is 1.54. The fourth-order valence-electron chi connectivity index (χ4n) is 3.60. The number of aromatic nitrogens is 1. The second-order valence-corrected chi connectivity index (χ2v) is 7.88. The fraction of sp³-hybridized carbons (Fsp3) is 0.148. The van der Waals surface area contributed by atoms with Crippen LogP contribution in [0.25, 0.3) is 11.1 Å². The van der Waals surface area contributed by atoms with Crippen LogP contribution in [0, 0.1) is 23.3 Å². The number of aryl methyl sites for hydroxylation is 1. The standard InChI is InChI=1S/C27H22F4N2O3/c1-3-35-26-13-27(34)33(2)15-20(26)18-12-17(32-14-19-21(29)5-4-6-22(19)30)8-10-24(18)36-25-9-7-16(28)11-23(25)31/h4-13,15,32H,3,14H2,1-2H3. The Kier molecular flexibility index (Phi) is 7.28. The summed E-state index contributed by atoms with van der Waals surface area (Å²) < 4.78 is 68.6. The highest BCUT2D eigenvalue weighted by atomic mass is 19.1. The lowest BCUT2D eigenvalue weighted by atomic mass is 10.0. The molecule has 186 valence electrons. The molecule has 4 aromatic rings. The lowest BCUT2D eigenvalue weighted by Crippen LogP contribution is -2.16. The molecule has 9 heteroatoms. The number of anilines is 1. The zero-order valence-corrected chi connectivity index (χ0v) is 19.4. The molecule has 0 aliphatic carbocycles. The Labute approximate surface area is 204 Å². The van der Waals surface area contributed by atoms with Gasteiger partial charge in [-0.1, -0.05) is 6.07 Å². The second kappa shape index (κ2) is 10.6. The maximum Gasteiger partial charge on any atom is 0.254 e. The summed E-state index contributed by atoms with van der Waals surface area (Å²) in [4.78, 5) is 12.2. The Morgan fingerprint density at radius 1 is 0.833 bits per heavy atom. The molecule has 0 fully saturated rings. The Morgan fingerprint density at radius 3 is 2.25 bits per heavy atom. The number of ether oxygens (including phenoxy) is 2. The molecule has 0 bridgehead atoms. The number of halogens is 4. The molecule has 3 aromatic carbocycles. The molecule has 0 unspecified atom stereocenters. The Balaban J connectivity index is 1.79. The van der Waals surface area contributed by atoms with Crippen LogP contribution in [0.4, 0.5) is 23.2 Å². The normalized spacial score (nSPS) is 10.8. The summed E-state index contributed by atoms with van der Waals surface area (Å²) in [7, 11) is 1.56. The van der Waals surface area contributed by atoms with E-state index in [9.17, 15) is 22.4 Å². The first-order valence-electron chi connectivity index (χ1n) is 11.0. The van der Waals surface area contributed by atoms with E-state index in [4.69, 9.17) is 9.47 Å². The molecule has 0 aliphatic heterocycles. The van der Waals surface area contributed by atoms with Crippen LogP contribution in [0.2, 0.25) is 0 Å². The minimum Gasteiger partial charge on any atom is -0.493 e. The largest absolute Gasteiger partial charge is 0.493 e. The van der Waals surface area contributed by atoms with Crippen molar-refractivity contribution in [3.05, 3.63) is 106 Å². The van der Waals surface area contributed by atoms with Crippen LogP contribution in [-0.4, -0.2) is 11.2 Å². The summed E-state index contributed by atoms with van der Waals surface area (Å²) in [5.74, 6) is -2.79. The first-order chi connectivity index (χ1) is 17.3. The SMILES string of the molecule is CCOc1cc(=O)n(C)cc1-c1cc(NCc2c(F)cccc2F)ccc1Oc1ccc(F)cc1F. The highest BCUT2D eigenvalue weighted by Gasteiger charge is 2.18. The van der Waals surface area contributed by atoms with Crippen molar-refractivity contribution in [2.75, 3.05) is 11.9 Å². The maximum atomic E-state index is 14.3. The molecule has 4 rings (SSSR count). The summed E-state index contributed by atoms with van der Waals surface area (Å²) in [6, 6.07) is 12.6. The van der Waals surface area contributed by atoms with Crippen molar-refractivity contribution in [1.29, 1.82) is 0 Å². The molecular weight excluding hydrogens is 476 g/mol. The number of nitrogens with zero attached hydrogens (tertiary/aromatic N) is 1. The fourth-order valence-corrected chi connectivity index (χ4v) is 3.60. The van der Waals surface area contributed by atoms with Crippen molar-refractivity contribution in [3.63, 3.8) is 0 Å². The predicted octanol–water partition coefficient (Wildman–Crippen LogP) is 6.41. The Bertz CT molecular complexity index is 1450. The van der Waals surface area contributed by atoms with E-state index in [0.717, 1.165) is 12.1 Å². The van der Waals surface area contributed by atoms with Crippen LogP contribution in [0.1, 0.15) is 12.5 Å². The maximum absolute atomic E-state index is 14.3. The molecule has 0 amide bonds. The lowest BCUT2D eigenvalue weighted by Gasteiger charge is -2.18. The van der Waals surface area contributed by atoms with E-state index in [1.807, 2.05) is 0 Å². The average molecular weight is 498 g/mol. The van der Waals surface area contributed by atoms with Crippen molar-refractivity contribution in [2.24, 2.45) is 7.05 Å². The summed E-state index contributed by atoms with van der Waals surface area (Å²) in [6.45, 7) is 1.89. The van der Waals surface area contributed by atoms with Crippen LogP contribution in [0.15, 0.2) is 71.7 Å². The number of rotatable bonds is 8. The second-order valence-electron chi connectivity index (χ2n) is 7.88. The summed E-state index contributed by atoms with van der Waals surface area (Å²) in [5.41, 5.74) is 0.883. The van der Waals surface area contributed by atoms with Gasteiger partial charge in [-0.05, 0) is 49.4 Å². The van der Waals surface area contributed by atoms with Crippen molar-refractivity contribution in [3.8, 4) is 28.4 Å². The molecule has 1 aromatic heterocycles. The molecule has 1 N–H and O–H groups in total. The highest BCUT2D eigenvalue weighted by Crippen LogP contribution is 2.40. The minimum absolute atomic E-state index is 0.134. The topological polar surface area (TPSA) is 52.5 Å². The highest BCUT2D eigenvalue weighted by molar-refractivity contribution is 5.78. The van der Waals surface area contributed by atoms with Crippen LogP contribution in [0.3, 0.4) is 0 Å². The molecule has 1 heterocycles. The number of hydrogen-bond acceptors (Lipinski definition) is 4. The van der Waals surface area contributed by atoms with Gasteiger partial charge in [0.25, 0.3) is 5.56 Å². The first kappa shape index (κ1) is 24.8. The van der Waals surface area contributed by atoms with Gasteiger partial charge in [-0.3, -0.25) is 4.79 Å². The first-order valence-corrected chi connectivity index (χ1v) is 11.0. The van der Waals surface area contributed by atoms with E-state index in [2.05, 4.69) is 5.32 Å². The van der Waals surface area contributed by atoms with Crippen molar-refractivity contribution in [2.45, 2.75) is 13.5 Å². The van der Waals surface area contributed by atoms with E-state index in [0.29, 0.717) is 22.9 Å². The zero-order chi connectivity index (χ0) is 25.8. The van der Waals surface area contributed by atoms with E-state index < -0.39 is 23.3 Å². The average Bonchev–Trinajstić information content (AvgIpc) is 2.83. The van der Waals surface area contributed by atoms with Gasteiger partial charge in [-0.25, -0.2) is 17.6 Å². The van der Waals surface area contributed by atoms with Gasteiger partial charge in [-0.15, -0.1) is 0 Å². The van der Waals surface area contributed by atoms with Crippen LogP contribution < -0.4 is 20.3 Å². The molecule has 0 saturated carbocycles. The van der Waals surface area contributed by atoms with Crippen LogP contribution in [0.5, 0.6) is 17.2 Å². The molecule has 0 atom stereocenters. The Hall–Kier alpha value is -4.27. The van der Waals surface area contributed by atoms with Gasteiger partial charge in [0.05, 0.1) is 6.61 Å². The predicted molar refractivity (Wildman–Crippen MR) is 128 cm³/mol. The summed E-state index contributed by atoms with van der Waals surface area (Å²) in [5, 5.41) is 2.97. The molecule has 0 spiro atoms. The third-order valence-corrected chi connectivity index (χ3v) is 5.40. The number of benzene rings is 3. The van der Waals surface area contributed by atoms with E-state index in [-0.39, 0.29) is 41.5 Å². The summed E-state index contributed by atoms with van der Waals surface area (Å²) >= 11 is 0. The van der Waals surface area contributed by atoms with Crippen molar-refractivity contribution >= 4 is 5.69 Å². The van der Waals surface area contributed by atoms with E-state index in [1.165, 1.54) is 41.1 Å². The minimum atomic E-state index is -0.899. The van der Waals surface area contributed by atoms with Gasteiger partial charge in [0.15, 0.2) is 11.6 Å². The Morgan fingerprint density at radius 2 is 1.56 bits per heavy atom. The molecule has 36 heavy (non-hydrogen) atoms. The number of pyridine rings is 1. The van der Waals surface area contributed by atoms with Crippen molar-refractivity contribution < 1.29 is 27.0 Å². The van der Waals surface area contributed by atoms with Gasteiger partial charge >= 0.3 is 0 Å². The third-order valence-electron chi connectivity index (χ3n) is 5.40. The van der Waals surface area contributed by atoms with Crippen LogP contribution in [-0.2, 0) is 13.6 Å². The van der Waals surface area contributed by atoms with Gasteiger partial charge in [-0.2, -0.15) is 0 Å². The van der Waals surface area contributed by atoms with Gasteiger partial charge in [0.1, 0.15) is 29.0 Å². The smallest absolute Gasteiger partial charge is 0.254 e. The quantitative estimate of drug-likeness (QED) is 0.285. The molecule has 0 radical (unpaired) electrons. The lowest BCUT2D eigenvalue weighted by molar-refractivity contribution is 0.340. The van der Waals surface area contributed by atoms with Crippen LogP contribution >= 0.6 is 0 Å². The van der Waals surface area contributed by atoms with E-state index in [1.54, 1.807) is 26.1 Å². The molecule has 5 nitrogen and oxygen atoms in total. The number of hydrogen-bond donors (Lipinski definition) is 1. The van der Waals surface area contributed by atoms with E-state index >= 15 is 0 Å². The molecule has 0 aliphatic rings. The third kappa shape index (κ3) is 5.35. The van der Waals surface area contributed by atoms with Gasteiger partial charge in [0, 0.05) is 54.3 Å². The molecule has 0 saturated heterocycles. The van der Waals surface area contributed by atoms with Crippen molar-refractivity contribution in [1.82, 2.24) is 4.57 Å². The number of nitrogens with one attached hydrogen (secondary N) is 1. The van der Waals surface area contributed by atoms with Gasteiger partial charge in [0.2, 0.25) is 0 Å². The monoisotopic (exact) mass is 498 g/mol. The zero-order valence-electron chi connectivity index (χ0n) is 19.4. The molecular formula is C27H22F4N2O3.